The average molecular weight is 363 g/mol. The lowest BCUT2D eigenvalue weighted by atomic mass is 10.1. The molecule has 0 bridgehead atoms. The molecule has 0 radical (unpaired) electrons. The van der Waals surface area contributed by atoms with E-state index in [9.17, 15) is 12.8 Å². The molecule has 5 nitrogen and oxygen atoms in total. The minimum atomic E-state index is -3.68. The molecule has 2 aromatic rings. The monoisotopic (exact) mass is 363 g/mol. The minimum Gasteiger partial charge on any atom is -0.486 e. The molecule has 2 aliphatic rings. The van der Waals surface area contributed by atoms with Gasteiger partial charge in [-0.25, -0.2) is 12.8 Å². The Morgan fingerprint density at radius 3 is 2.48 bits per heavy atom. The second kappa shape index (κ2) is 6.31. The Labute approximate surface area is 146 Å². The maximum absolute atomic E-state index is 13.2. The molecule has 2 heterocycles. The molecule has 0 aromatic heterocycles. The van der Waals surface area contributed by atoms with E-state index < -0.39 is 10.0 Å². The van der Waals surface area contributed by atoms with Gasteiger partial charge < -0.3 is 9.47 Å². The largest absolute Gasteiger partial charge is 0.486 e. The van der Waals surface area contributed by atoms with Crippen molar-refractivity contribution in [2.24, 2.45) is 0 Å². The Morgan fingerprint density at radius 2 is 1.72 bits per heavy atom. The zero-order chi connectivity index (χ0) is 17.4. The lowest BCUT2D eigenvalue weighted by Crippen LogP contribution is -2.30. The van der Waals surface area contributed by atoms with Crippen LogP contribution in [0.5, 0.6) is 11.5 Å². The molecule has 25 heavy (non-hydrogen) atoms. The number of halogens is 1. The van der Waals surface area contributed by atoms with E-state index in [1.165, 1.54) is 22.5 Å². The van der Waals surface area contributed by atoms with E-state index in [1.54, 1.807) is 24.3 Å². The lowest BCUT2D eigenvalue weighted by molar-refractivity contribution is 0.171. The Kier molecular flexibility index (Phi) is 4.13. The second-order valence-corrected chi connectivity index (χ2v) is 8.02. The average Bonchev–Trinajstić information content (AvgIpc) is 3.12. The fourth-order valence-electron chi connectivity index (χ4n) is 3.37. The van der Waals surface area contributed by atoms with E-state index in [0.29, 0.717) is 31.3 Å². The van der Waals surface area contributed by atoms with Crippen molar-refractivity contribution in [2.75, 3.05) is 19.8 Å². The number of rotatable bonds is 3. The molecule has 4 rings (SSSR count). The molecular weight excluding hydrogens is 345 g/mol. The topological polar surface area (TPSA) is 55.8 Å². The van der Waals surface area contributed by atoms with Gasteiger partial charge >= 0.3 is 0 Å². The fraction of sp³-hybridized carbons (Fsp3) is 0.333. The maximum Gasteiger partial charge on any atom is 0.243 e. The van der Waals surface area contributed by atoms with Gasteiger partial charge in [0.25, 0.3) is 0 Å². The Balaban J connectivity index is 1.68. The molecule has 2 aromatic carbocycles. The molecule has 0 saturated carbocycles. The highest BCUT2D eigenvalue weighted by molar-refractivity contribution is 7.89. The number of nitrogens with zero attached hydrogens (tertiary/aromatic N) is 1. The van der Waals surface area contributed by atoms with Crippen LogP contribution >= 0.6 is 0 Å². The number of fused-ring (bicyclic) bond motifs is 1. The van der Waals surface area contributed by atoms with Crippen LogP contribution in [0, 0.1) is 5.82 Å². The summed E-state index contributed by atoms with van der Waals surface area (Å²) >= 11 is 0. The van der Waals surface area contributed by atoms with Crippen molar-refractivity contribution < 1.29 is 22.3 Å². The maximum atomic E-state index is 13.2. The number of benzene rings is 2. The van der Waals surface area contributed by atoms with E-state index >= 15 is 0 Å². The van der Waals surface area contributed by atoms with Gasteiger partial charge in [0.2, 0.25) is 10.0 Å². The standard InChI is InChI=1S/C18H18FNO4S/c19-14-5-3-13(4-6-14)16-2-1-9-20(16)25(21,22)15-7-8-17-18(12-15)24-11-10-23-17/h3-8,12,16H,1-2,9-11H2. The SMILES string of the molecule is O=S(=O)(c1ccc2c(c1)OCCO2)N1CCCC1c1ccc(F)cc1. The third kappa shape index (κ3) is 2.98. The quantitative estimate of drug-likeness (QED) is 0.841. The molecule has 1 atom stereocenters. The molecule has 1 fully saturated rings. The third-order valence-electron chi connectivity index (χ3n) is 4.58. The molecular formula is C18H18FNO4S. The van der Waals surface area contributed by atoms with Gasteiger partial charge in [0.05, 0.1) is 10.9 Å². The number of ether oxygens (including phenoxy) is 2. The molecule has 132 valence electrons. The molecule has 0 N–H and O–H groups in total. The number of hydrogen-bond acceptors (Lipinski definition) is 4. The predicted octanol–water partition coefficient (Wildman–Crippen LogP) is 3.12. The van der Waals surface area contributed by atoms with Crippen LogP contribution in [0.2, 0.25) is 0 Å². The summed E-state index contributed by atoms with van der Waals surface area (Å²) in [4.78, 5) is 0.186. The van der Waals surface area contributed by atoms with Crippen molar-refractivity contribution in [2.45, 2.75) is 23.8 Å². The smallest absolute Gasteiger partial charge is 0.243 e. The van der Waals surface area contributed by atoms with Crippen LogP contribution in [0.25, 0.3) is 0 Å². The fourth-order valence-corrected chi connectivity index (χ4v) is 5.06. The highest BCUT2D eigenvalue weighted by atomic mass is 32.2. The molecule has 2 aliphatic heterocycles. The van der Waals surface area contributed by atoms with Crippen molar-refractivity contribution in [3.05, 3.63) is 53.8 Å². The van der Waals surface area contributed by atoms with Gasteiger partial charge in [-0.05, 0) is 42.7 Å². The highest BCUT2D eigenvalue weighted by Gasteiger charge is 2.36. The predicted molar refractivity (Wildman–Crippen MR) is 89.7 cm³/mol. The van der Waals surface area contributed by atoms with Crippen molar-refractivity contribution >= 4 is 10.0 Å². The molecule has 0 spiro atoms. The zero-order valence-corrected chi connectivity index (χ0v) is 14.3. The first-order chi connectivity index (χ1) is 12.1. The van der Waals surface area contributed by atoms with Crippen LogP contribution in [0.1, 0.15) is 24.4 Å². The summed E-state index contributed by atoms with van der Waals surface area (Å²) in [6, 6.07) is 10.4. The van der Waals surface area contributed by atoms with Crippen LogP contribution in [0.3, 0.4) is 0 Å². The van der Waals surface area contributed by atoms with E-state index in [-0.39, 0.29) is 16.8 Å². The van der Waals surface area contributed by atoms with E-state index in [2.05, 4.69) is 0 Å². The summed E-state index contributed by atoms with van der Waals surface area (Å²) in [5, 5.41) is 0. The van der Waals surface area contributed by atoms with Crippen LogP contribution < -0.4 is 9.47 Å². The normalized spacial score (nSPS) is 20.6. The molecule has 7 heteroatoms. The van der Waals surface area contributed by atoms with Crippen molar-refractivity contribution in [3.8, 4) is 11.5 Å². The Morgan fingerprint density at radius 1 is 1.00 bits per heavy atom. The summed E-state index contributed by atoms with van der Waals surface area (Å²) in [7, 11) is -3.68. The van der Waals surface area contributed by atoms with Crippen molar-refractivity contribution in [3.63, 3.8) is 0 Å². The van der Waals surface area contributed by atoms with Gasteiger partial charge in [-0.1, -0.05) is 12.1 Å². The van der Waals surface area contributed by atoms with Crippen LogP contribution in [-0.4, -0.2) is 32.5 Å². The zero-order valence-electron chi connectivity index (χ0n) is 13.5. The Bertz CT molecular complexity index is 882. The van der Waals surface area contributed by atoms with Gasteiger partial charge in [-0.3, -0.25) is 0 Å². The first kappa shape index (κ1) is 16.4. The third-order valence-corrected chi connectivity index (χ3v) is 6.48. The molecule has 1 saturated heterocycles. The van der Waals surface area contributed by atoms with Gasteiger partial charge in [-0.15, -0.1) is 0 Å². The minimum absolute atomic E-state index is 0.186. The van der Waals surface area contributed by atoms with Crippen LogP contribution in [0.15, 0.2) is 47.4 Å². The van der Waals surface area contributed by atoms with E-state index in [4.69, 9.17) is 9.47 Å². The lowest BCUT2D eigenvalue weighted by Gasteiger charge is -2.25. The molecule has 0 amide bonds. The van der Waals surface area contributed by atoms with E-state index in [1.807, 2.05) is 0 Å². The van der Waals surface area contributed by atoms with Gasteiger partial charge in [0.1, 0.15) is 19.0 Å². The van der Waals surface area contributed by atoms with Crippen molar-refractivity contribution in [1.82, 2.24) is 4.31 Å². The first-order valence-corrected chi connectivity index (χ1v) is 9.67. The highest BCUT2D eigenvalue weighted by Crippen LogP contribution is 2.39. The van der Waals surface area contributed by atoms with E-state index in [0.717, 1.165) is 18.4 Å². The number of hydrogen-bond donors (Lipinski definition) is 0. The summed E-state index contributed by atoms with van der Waals surface area (Å²) < 4.78 is 51.9. The van der Waals surface area contributed by atoms with Crippen molar-refractivity contribution in [1.29, 1.82) is 0 Å². The molecule has 1 unspecified atom stereocenters. The molecule has 0 aliphatic carbocycles. The first-order valence-electron chi connectivity index (χ1n) is 8.23. The summed E-state index contributed by atoms with van der Waals surface area (Å²) in [6.07, 6.45) is 1.49. The van der Waals surface area contributed by atoms with Crippen LogP contribution in [0.4, 0.5) is 4.39 Å². The summed E-state index contributed by atoms with van der Waals surface area (Å²) in [6.45, 7) is 1.30. The summed E-state index contributed by atoms with van der Waals surface area (Å²) in [5.41, 5.74) is 0.806. The second-order valence-electron chi connectivity index (χ2n) is 6.13. The van der Waals surface area contributed by atoms with Gasteiger partial charge in [0, 0.05) is 12.6 Å². The Hall–Kier alpha value is -2.12. The van der Waals surface area contributed by atoms with Crippen LogP contribution in [-0.2, 0) is 10.0 Å². The number of sulfonamides is 1. The van der Waals surface area contributed by atoms with Gasteiger partial charge in [-0.2, -0.15) is 4.31 Å². The summed E-state index contributed by atoms with van der Waals surface area (Å²) in [5.74, 6) is 0.676. The van der Waals surface area contributed by atoms with Gasteiger partial charge in [0.15, 0.2) is 11.5 Å².